The first-order valence-electron chi connectivity index (χ1n) is 6.40. The van der Waals surface area contributed by atoms with Crippen molar-refractivity contribution in [1.82, 2.24) is 9.55 Å². The van der Waals surface area contributed by atoms with Gasteiger partial charge in [0.1, 0.15) is 0 Å². The first kappa shape index (κ1) is 13.0. The summed E-state index contributed by atoms with van der Waals surface area (Å²) in [7, 11) is 0. The number of fused-ring (bicyclic) bond motifs is 1. The van der Waals surface area contributed by atoms with Gasteiger partial charge in [-0.2, -0.15) is 12.6 Å². The lowest BCUT2D eigenvalue weighted by molar-refractivity contribution is 0.487. The van der Waals surface area contributed by atoms with Gasteiger partial charge in [0.05, 0.1) is 0 Å². The molecule has 0 saturated heterocycles. The van der Waals surface area contributed by atoms with Crippen LogP contribution in [0.2, 0.25) is 0 Å². The van der Waals surface area contributed by atoms with E-state index in [1.54, 1.807) is 22.9 Å². The van der Waals surface area contributed by atoms with Crippen molar-refractivity contribution in [2.45, 2.75) is 12.5 Å². The van der Waals surface area contributed by atoms with Gasteiger partial charge < -0.3 is 4.42 Å². The van der Waals surface area contributed by atoms with E-state index < -0.39 is 0 Å². The summed E-state index contributed by atoms with van der Waals surface area (Å²) < 4.78 is 6.77. The fourth-order valence-electron chi connectivity index (χ4n) is 2.28. The number of hydrogen-bond donors (Lipinski definition) is 1. The normalized spacial score (nSPS) is 12.7. The predicted octanol–water partition coefficient (Wildman–Crippen LogP) is 2.70. The third-order valence-electron chi connectivity index (χ3n) is 3.32. The largest absolute Gasteiger partial charge is 0.421 e. The number of thiol groups is 1. The van der Waals surface area contributed by atoms with Crippen molar-refractivity contribution in [2.24, 2.45) is 0 Å². The van der Waals surface area contributed by atoms with Gasteiger partial charge >= 0.3 is 5.76 Å². The standard InChI is InChI=1S/C15H14N2O2S/c18-15-17(14-13(19-15)7-4-8-16-14)9-12(10-20)11-5-2-1-3-6-11/h1-8,12,20H,9-10H2. The summed E-state index contributed by atoms with van der Waals surface area (Å²) >= 11 is 4.40. The summed E-state index contributed by atoms with van der Waals surface area (Å²) in [6, 6.07) is 13.5. The van der Waals surface area contributed by atoms with Crippen molar-refractivity contribution in [3.8, 4) is 0 Å². The Hall–Kier alpha value is -2.01. The van der Waals surface area contributed by atoms with Crippen molar-refractivity contribution in [2.75, 3.05) is 5.75 Å². The zero-order chi connectivity index (χ0) is 13.9. The van der Waals surface area contributed by atoms with Crippen LogP contribution in [0.15, 0.2) is 57.9 Å². The van der Waals surface area contributed by atoms with E-state index in [0.29, 0.717) is 23.5 Å². The Morgan fingerprint density at radius 3 is 2.75 bits per heavy atom. The second kappa shape index (κ2) is 5.54. The molecule has 0 spiro atoms. The fraction of sp³-hybridized carbons (Fsp3) is 0.200. The molecule has 0 saturated carbocycles. The summed E-state index contributed by atoms with van der Waals surface area (Å²) in [6.45, 7) is 0.510. The van der Waals surface area contributed by atoms with E-state index in [4.69, 9.17) is 4.42 Å². The maximum absolute atomic E-state index is 12.0. The molecule has 0 N–H and O–H groups in total. The van der Waals surface area contributed by atoms with Crippen LogP contribution in [-0.4, -0.2) is 15.3 Å². The molecule has 0 aliphatic rings. The Labute approximate surface area is 121 Å². The van der Waals surface area contributed by atoms with E-state index in [1.165, 1.54) is 0 Å². The van der Waals surface area contributed by atoms with Crippen LogP contribution < -0.4 is 5.76 Å². The van der Waals surface area contributed by atoms with Crippen molar-refractivity contribution < 1.29 is 4.42 Å². The number of oxazole rings is 1. The highest BCUT2D eigenvalue weighted by Crippen LogP contribution is 2.20. The molecule has 1 unspecified atom stereocenters. The highest BCUT2D eigenvalue weighted by atomic mass is 32.1. The summed E-state index contributed by atoms with van der Waals surface area (Å²) in [5, 5.41) is 0. The molecular formula is C15H14N2O2S. The highest BCUT2D eigenvalue weighted by molar-refractivity contribution is 7.80. The van der Waals surface area contributed by atoms with Crippen molar-refractivity contribution in [3.63, 3.8) is 0 Å². The minimum absolute atomic E-state index is 0.139. The van der Waals surface area contributed by atoms with Crippen LogP contribution in [0.3, 0.4) is 0 Å². The molecule has 2 heterocycles. The second-order valence-electron chi connectivity index (χ2n) is 4.59. The van der Waals surface area contributed by atoms with Crippen LogP contribution in [-0.2, 0) is 6.54 Å². The molecule has 0 amide bonds. The van der Waals surface area contributed by atoms with Gasteiger partial charge in [-0.3, -0.25) is 4.57 Å². The number of nitrogens with zero attached hydrogens (tertiary/aromatic N) is 2. The SMILES string of the molecule is O=c1oc2cccnc2n1CC(CS)c1ccccc1. The summed E-state index contributed by atoms with van der Waals surface area (Å²) in [6.07, 6.45) is 1.66. The Kier molecular flexibility index (Phi) is 3.60. The lowest BCUT2D eigenvalue weighted by atomic mass is 10.0. The van der Waals surface area contributed by atoms with Crippen molar-refractivity contribution in [3.05, 3.63) is 64.8 Å². The monoisotopic (exact) mass is 286 g/mol. The van der Waals surface area contributed by atoms with E-state index >= 15 is 0 Å². The van der Waals surface area contributed by atoms with Gasteiger partial charge in [-0.15, -0.1) is 0 Å². The summed E-state index contributed by atoms with van der Waals surface area (Å²) in [5.74, 6) is 0.414. The average Bonchev–Trinajstić information content (AvgIpc) is 2.81. The van der Waals surface area contributed by atoms with E-state index in [1.807, 2.05) is 30.3 Å². The van der Waals surface area contributed by atoms with E-state index in [0.717, 1.165) is 5.56 Å². The molecule has 1 atom stereocenters. The van der Waals surface area contributed by atoms with Gasteiger partial charge in [-0.25, -0.2) is 9.78 Å². The molecule has 20 heavy (non-hydrogen) atoms. The molecule has 0 fully saturated rings. The van der Waals surface area contributed by atoms with Crippen LogP contribution in [0, 0.1) is 0 Å². The Balaban J connectivity index is 2.00. The molecule has 2 aromatic heterocycles. The Morgan fingerprint density at radius 1 is 1.20 bits per heavy atom. The van der Waals surface area contributed by atoms with Gasteiger partial charge in [-0.05, 0) is 23.4 Å². The first-order chi connectivity index (χ1) is 9.79. The Morgan fingerprint density at radius 2 is 2.00 bits per heavy atom. The first-order valence-corrected chi connectivity index (χ1v) is 7.03. The number of benzene rings is 1. The maximum Gasteiger partial charge on any atom is 0.421 e. The molecule has 5 heteroatoms. The summed E-state index contributed by atoms with van der Waals surface area (Å²) in [4.78, 5) is 16.2. The third kappa shape index (κ3) is 2.36. The van der Waals surface area contributed by atoms with Crippen molar-refractivity contribution in [1.29, 1.82) is 0 Å². The molecule has 3 aromatic rings. The summed E-state index contributed by atoms with van der Waals surface area (Å²) in [5.41, 5.74) is 2.25. The third-order valence-corrected chi connectivity index (χ3v) is 3.76. The molecule has 4 nitrogen and oxygen atoms in total. The smallest absolute Gasteiger partial charge is 0.406 e. The second-order valence-corrected chi connectivity index (χ2v) is 4.96. The molecular weight excluding hydrogens is 272 g/mol. The van der Waals surface area contributed by atoms with Gasteiger partial charge in [0, 0.05) is 18.7 Å². The number of rotatable bonds is 4. The highest BCUT2D eigenvalue weighted by Gasteiger charge is 2.16. The van der Waals surface area contributed by atoms with Gasteiger partial charge in [0.2, 0.25) is 0 Å². The number of hydrogen-bond acceptors (Lipinski definition) is 4. The Bertz CT molecular complexity index is 764. The zero-order valence-corrected chi connectivity index (χ0v) is 11.7. The molecule has 1 aromatic carbocycles. The molecule has 102 valence electrons. The molecule has 0 radical (unpaired) electrons. The number of aromatic nitrogens is 2. The van der Waals surface area contributed by atoms with Gasteiger partial charge in [-0.1, -0.05) is 30.3 Å². The van der Waals surface area contributed by atoms with Crippen molar-refractivity contribution >= 4 is 23.9 Å². The minimum atomic E-state index is -0.374. The fourth-order valence-corrected chi connectivity index (χ4v) is 2.60. The van der Waals surface area contributed by atoms with Gasteiger partial charge in [0.25, 0.3) is 0 Å². The topological polar surface area (TPSA) is 48.0 Å². The molecule has 0 aliphatic heterocycles. The molecule has 0 aliphatic carbocycles. The zero-order valence-electron chi connectivity index (χ0n) is 10.8. The molecule has 3 rings (SSSR count). The van der Waals surface area contributed by atoms with E-state index in [2.05, 4.69) is 17.6 Å². The maximum atomic E-state index is 12.0. The molecule has 0 bridgehead atoms. The predicted molar refractivity (Wildman–Crippen MR) is 81.3 cm³/mol. The lowest BCUT2D eigenvalue weighted by Crippen LogP contribution is -2.20. The van der Waals surface area contributed by atoms with E-state index in [9.17, 15) is 4.79 Å². The minimum Gasteiger partial charge on any atom is -0.406 e. The van der Waals surface area contributed by atoms with Crippen LogP contribution in [0.4, 0.5) is 0 Å². The van der Waals surface area contributed by atoms with Crippen LogP contribution in [0.25, 0.3) is 11.2 Å². The quantitative estimate of drug-likeness (QED) is 0.750. The van der Waals surface area contributed by atoms with Crippen LogP contribution >= 0.6 is 12.6 Å². The average molecular weight is 286 g/mol. The lowest BCUT2D eigenvalue weighted by Gasteiger charge is -2.14. The van der Waals surface area contributed by atoms with Crippen LogP contribution in [0.1, 0.15) is 11.5 Å². The van der Waals surface area contributed by atoms with Gasteiger partial charge in [0.15, 0.2) is 11.2 Å². The van der Waals surface area contributed by atoms with Crippen LogP contribution in [0.5, 0.6) is 0 Å². The number of pyridine rings is 1. The van der Waals surface area contributed by atoms with E-state index in [-0.39, 0.29) is 11.7 Å².